The molecule has 2 unspecified atom stereocenters. The molecule has 3 nitrogen and oxygen atoms in total. The molecule has 0 aromatic rings. The second-order valence-electron chi connectivity index (χ2n) is 2.43. The summed E-state index contributed by atoms with van der Waals surface area (Å²) in [4.78, 5) is 0. The van der Waals surface area contributed by atoms with Crippen molar-refractivity contribution in [3.63, 3.8) is 0 Å². The van der Waals surface area contributed by atoms with Gasteiger partial charge in [0.2, 0.25) is 0 Å². The lowest BCUT2D eigenvalue weighted by atomic mass is 10.0. The van der Waals surface area contributed by atoms with Gasteiger partial charge in [0.15, 0.2) is 0 Å². The zero-order chi connectivity index (χ0) is 6.43. The second kappa shape index (κ2) is 1.56. The first-order valence-corrected chi connectivity index (χ1v) is 2.99. The predicted octanol–water partition coefficient (Wildman–Crippen LogP) is -0.955. The van der Waals surface area contributed by atoms with Crippen molar-refractivity contribution in [1.29, 1.82) is 0 Å². The largest absolute Gasteiger partial charge is 0.387 e. The molecule has 0 amide bonds. The lowest BCUT2D eigenvalue weighted by molar-refractivity contribution is 0.0288. The van der Waals surface area contributed by atoms with Gasteiger partial charge in [-0.25, -0.2) is 0 Å². The van der Waals surface area contributed by atoms with Crippen LogP contribution in [0.25, 0.3) is 0 Å². The number of rotatable bonds is 0. The summed E-state index contributed by atoms with van der Waals surface area (Å²) in [5.74, 6) is 0. The van der Waals surface area contributed by atoms with E-state index in [0.29, 0.717) is 0 Å². The quantitative estimate of drug-likeness (QED) is 0.326. The molecule has 2 aliphatic rings. The minimum atomic E-state index is -0.728. The fourth-order valence-corrected chi connectivity index (χ4v) is 1.10. The molecule has 9 heavy (non-hydrogen) atoms. The fraction of sp³-hybridized carbons (Fsp3) is 0.667. The highest BCUT2D eigenvalue weighted by Gasteiger charge is 2.47. The summed E-state index contributed by atoms with van der Waals surface area (Å²) >= 11 is 0. The Labute approximate surface area is 52.6 Å². The fourth-order valence-electron chi connectivity index (χ4n) is 1.10. The molecule has 1 heterocycles. The topological polar surface area (TPSA) is 53.0 Å². The molecule has 0 bridgehead atoms. The van der Waals surface area contributed by atoms with Crippen LogP contribution in [0.2, 0.25) is 0 Å². The molecule has 0 saturated carbocycles. The molecule has 4 atom stereocenters. The molecule has 2 N–H and O–H groups in total. The Hall–Kier alpha value is -0.380. The molecule has 0 aromatic carbocycles. The molecule has 0 radical (unpaired) electrons. The molecule has 2 rings (SSSR count). The van der Waals surface area contributed by atoms with E-state index in [1.54, 1.807) is 12.2 Å². The van der Waals surface area contributed by atoms with Crippen molar-refractivity contribution in [3.05, 3.63) is 12.2 Å². The summed E-state index contributed by atoms with van der Waals surface area (Å²) in [6.07, 6.45) is 1.85. The molecule has 0 aromatic heterocycles. The summed E-state index contributed by atoms with van der Waals surface area (Å²) in [5, 5.41) is 18.0. The maximum absolute atomic E-state index is 9.06. The highest BCUT2D eigenvalue weighted by Crippen LogP contribution is 2.31. The Bertz CT molecular complexity index is 154. The summed E-state index contributed by atoms with van der Waals surface area (Å²) < 4.78 is 4.96. The monoisotopic (exact) mass is 128 g/mol. The molecule has 0 spiro atoms. The van der Waals surface area contributed by atoms with Crippen LogP contribution in [0.5, 0.6) is 0 Å². The van der Waals surface area contributed by atoms with E-state index in [2.05, 4.69) is 0 Å². The SMILES string of the molecule is O[C@@H]1C2OC2C=C[C@@H]1O. The van der Waals surface area contributed by atoms with Crippen LogP contribution in [0.3, 0.4) is 0 Å². The van der Waals surface area contributed by atoms with Crippen LogP contribution in [0.4, 0.5) is 0 Å². The number of epoxide rings is 1. The molecule has 1 aliphatic carbocycles. The average molecular weight is 128 g/mol. The van der Waals surface area contributed by atoms with Gasteiger partial charge in [0.25, 0.3) is 0 Å². The van der Waals surface area contributed by atoms with E-state index in [1.807, 2.05) is 0 Å². The van der Waals surface area contributed by atoms with Crippen molar-refractivity contribution in [2.75, 3.05) is 0 Å². The second-order valence-corrected chi connectivity index (χ2v) is 2.43. The summed E-state index contributed by atoms with van der Waals surface area (Å²) in [5.41, 5.74) is 0. The first-order chi connectivity index (χ1) is 4.29. The predicted molar refractivity (Wildman–Crippen MR) is 29.8 cm³/mol. The molecule has 3 heteroatoms. The summed E-state index contributed by atoms with van der Waals surface area (Å²) in [6, 6.07) is 0. The van der Waals surface area contributed by atoms with E-state index in [9.17, 15) is 0 Å². The van der Waals surface area contributed by atoms with Gasteiger partial charge >= 0.3 is 0 Å². The van der Waals surface area contributed by atoms with Crippen LogP contribution in [-0.4, -0.2) is 34.6 Å². The van der Waals surface area contributed by atoms with Crippen LogP contribution < -0.4 is 0 Å². The van der Waals surface area contributed by atoms with E-state index in [4.69, 9.17) is 14.9 Å². The van der Waals surface area contributed by atoms with E-state index in [-0.39, 0.29) is 12.2 Å². The Morgan fingerprint density at radius 1 is 1.22 bits per heavy atom. The van der Waals surface area contributed by atoms with Gasteiger partial charge in [-0.3, -0.25) is 0 Å². The first kappa shape index (κ1) is 5.41. The number of fused-ring (bicyclic) bond motifs is 1. The Morgan fingerprint density at radius 2 is 2.00 bits per heavy atom. The average Bonchev–Trinajstić information content (AvgIpc) is 2.58. The molecule has 1 saturated heterocycles. The van der Waals surface area contributed by atoms with Crippen molar-refractivity contribution >= 4 is 0 Å². The van der Waals surface area contributed by atoms with E-state index in [0.717, 1.165) is 0 Å². The minimum Gasteiger partial charge on any atom is -0.387 e. The standard InChI is InChI=1S/C6H8O3/c7-3-1-2-4-6(9-4)5(3)8/h1-8H/t3-,4?,5-,6?/m0/s1. The van der Waals surface area contributed by atoms with Crippen LogP contribution in [0.15, 0.2) is 12.2 Å². The molecular formula is C6H8O3. The van der Waals surface area contributed by atoms with Crippen LogP contribution in [0.1, 0.15) is 0 Å². The zero-order valence-corrected chi connectivity index (χ0v) is 4.77. The molecule has 1 aliphatic heterocycles. The molecule has 1 fully saturated rings. The van der Waals surface area contributed by atoms with Gasteiger partial charge in [0, 0.05) is 0 Å². The van der Waals surface area contributed by atoms with E-state index in [1.165, 1.54) is 0 Å². The minimum absolute atomic E-state index is 0.0726. The third-order valence-corrected chi connectivity index (χ3v) is 1.75. The number of aliphatic hydroxyl groups is 2. The molecule has 50 valence electrons. The summed E-state index contributed by atoms with van der Waals surface area (Å²) in [7, 11) is 0. The van der Waals surface area contributed by atoms with Gasteiger partial charge in [-0.15, -0.1) is 0 Å². The van der Waals surface area contributed by atoms with Crippen LogP contribution in [0, 0.1) is 0 Å². The number of hydrogen-bond donors (Lipinski definition) is 2. The molecular weight excluding hydrogens is 120 g/mol. The van der Waals surface area contributed by atoms with Gasteiger partial charge in [0.05, 0.1) is 0 Å². The van der Waals surface area contributed by atoms with Gasteiger partial charge in [-0.2, -0.15) is 0 Å². The van der Waals surface area contributed by atoms with Gasteiger partial charge in [-0.1, -0.05) is 12.2 Å². The third-order valence-electron chi connectivity index (χ3n) is 1.75. The lowest BCUT2D eigenvalue weighted by Crippen LogP contribution is -2.32. The smallest absolute Gasteiger partial charge is 0.117 e. The maximum Gasteiger partial charge on any atom is 0.117 e. The lowest BCUT2D eigenvalue weighted by Gasteiger charge is -2.13. The van der Waals surface area contributed by atoms with Crippen molar-refractivity contribution in [2.24, 2.45) is 0 Å². The summed E-state index contributed by atoms with van der Waals surface area (Å²) in [6.45, 7) is 0. The highest BCUT2D eigenvalue weighted by molar-refractivity contribution is 5.15. The maximum atomic E-state index is 9.06. The van der Waals surface area contributed by atoms with Gasteiger partial charge in [-0.05, 0) is 0 Å². The van der Waals surface area contributed by atoms with Crippen molar-refractivity contribution in [3.8, 4) is 0 Å². The van der Waals surface area contributed by atoms with Gasteiger partial charge in [0.1, 0.15) is 24.4 Å². The van der Waals surface area contributed by atoms with E-state index < -0.39 is 12.2 Å². The number of ether oxygens (including phenoxy) is 1. The third kappa shape index (κ3) is 0.694. The first-order valence-electron chi connectivity index (χ1n) is 2.99. The number of hydrogen-bond acceptors (Lipinski definition) is 3. The van der Waals surface area contributed by atoms with Crippen molar-refractivity contribution in [1.82, 2.24) is 0 Å². The Kier molecular flexibility index (Phi) is 0.939. The van der Waals surface area contributed by atoms with Gasteiger partial charge < -0.3 is 14.9 Å². The van der Waals surface area contributed by atoms with Crippen LogP contribution >= 0.6 is 0 Å². The Morgan fingerprint density at radius 3 is 2.67 bits per heavy atom. The van der Waals surface area contributed by atoms with E-state index >= 15 is 0 Å². The highest BCUT2D eigenvalue weighted by atomic mass is 16.6. The van der Waals surface area contributed by atoms with Crippen molar-refractivity contribution < 1.29 is 14.9 Å². The number of aliphatic hydroxyl groups excluding tert-OH is 2. The Balaban J connectivity index is 2.16. The van der Waals surface area contributed by atoms with Crippen LogP contribution in [-0.2, 0) is 4.74 Å². The zero-order valence-electron chi connectivity index (χ0n) is 4.77. The van der Waals surface area contributed by atoms with Crippen molar-refractivity contribution in [2.45, 2.75) is 24.4 Å². The normalized spacial score (nSPS) is 54.9.